The summed E-state index contributed by atoms with van der Waals surface area (Å²) in [6.07, 6.45) is 1.33. The van der Waals surface area contributed by atoms with Gasteiger partial charge >= 0.3 is 0 Å². The zero-order valence-electron chi connectivity index (χ0n) is 7.08. The Labute approximate surface area is 80.5 Å². The van der Waals surface area contributed by atoms with E-state index in [0.29, 0.717) is 0 Å². The summed E-state index contributed by atoms with van der Waals surface area (Å²) in [6.45, 7) is 1.58. The Morgan fingerprint density at radius 1 is 1.85 bits per heavy atom. The fourth-order valence-electron chi connectivity index (χ4n) is 0.803. The van der Waals surface area contributed by atoms with Crippen molar-refractivity contribution in [1.29, 1.82) is 0 Å². The van der Waals surface area contributed by atoms with Crippen LogP contribution in [0.2, 0.25) is 5.22 Å². The van der Waals surface area contributed by atoms with E-state index < -0.39 is 0 Å². The second kappa shape index (κ2) is 4.30. The molecule has 2 N–H and O–H groups in total. The summed E-state index contributed by atoms with van der Waals surface area (Å²) < 4.78 is 4.74. The molecule has 1 aromatic heterocycles. The number of amides is 1. The van der Waals surface area contributed by atoms with Gasteiger partial charge in [0, 0.05) is 6.04 Å². The van der Waals surface area contributed by atoms with Crippen molar-refractivity contribution in [2.45, 2.75) is 13.0 Å². The average molecular weight is 204 g/mol. The van der Waals surface area contributed by atoms with Gasteiger partial charge in [-0.1, -0.05) is 0 Å². The van der Waals surface area contributed by atoms with Crippen LogP contribution in [0.3, 0.4) is 0 Å². The van der Waals surface area contributed by atoms with Crippen molar-refractivity contribution in [1.82, 2.24) is 5.32 Å². The van der Waals surface area contributed by atoms with Crippen molar-refractivity contribution >= 4 is 17.5 Å². The second-order valence-electron chi connectivity index (χ2n) is 2.67. The van der Waals surface area contributed by atoms with E-state index >= 15 is 0 Å². The first-order valence-electron chi connectivity index (χ1n) is 3.80. The van der Waals surface area contributed by atoms with Gasteiger partial charge in [0.2, 0.25) is 5.22 Å². The number of hydrogen-bond acceptors (Lipinski definition) is 3. The highest BCUT2D eigenvalue weighted by Crippen LogP contribution is 2.16. The van der Waals surface area contributed by atoms with Crippen LogP contribution in [0.25, 0.3) is 0 Å². The SMILES string of the molecule is CC(CO)NC(=O)c1ccoc1Cl. The molecule has 0 radical (unpaired) electrons. The molecule has 0 saturated heterocycles. The maximum atomic E-state index is 11.3. The highest BCUT2D eigenvalue weighted by atomic mass is 35.5. The molecule has 13 heavy (non-hydrogen) atoms. The minimum atomic E-state index is -0.347. The van der Waals surface area contributed by atoms with Crippen LogP contribution in [0.15, 0.2) is 16.7 Å². The number of halogens is 1. The molecule has 0 spiro atoms. The van der Waals surface area contributed by atoms with E-state index in [1.165, 1.54) is 12.3 Å². The van der Waals surface area contributed by atoms with Gasteiger partial charge in [0.1, 0.15) is 0 Å². The summed E-state index contributed by atoms with van der Waals surface area (Å²) >= 11 is 5.57. The maximum Gasteiger partial charge on any atom is 0.256 e. The van der Waals surface area contributed by atoms with Crippen LogP contribution < -0.4 is 5.32 Å². The summed E-state index contributed by atoms with van der Waals surface area (Å²) in [6, 6.07) is 1.18. The number of hydrogen-bond donors (Lipinski definition) is 2. The van der Waals surface area contributed by atoms with E-state index in [4.69, 9.17) is 21.1 Å². The van der Waals surface area contributed by atoms with Crippen LogP contribution in [-0.2, 0) is 0 Å². The Morgan fingerprint density at radius 3 is 3.00 bits per heavy atom. The first-order valence-corrected chi connectivity index (χ1v) is 4.17. The summed E-state index contributed by atoms with van der Waals surface area (Å²) in [5, 5.41) is 11.3. The largest absolute Gasteiger partial charge is 0.452 e. The van der Waals surface area contributed by atoms with Crippen molar-refractivity contribution in [3.63, 3.8) is 0 Å². The van der Waals surface area contributed by atoms with E-state index in [2.05, 4.69) is 5.32 Å². The molecule has 1 amide bonds. The van der Waals surface area contributed by atoms with Gasteiger partial charge in [0.25, 0.3) is 5.91 Å². The molecule has 0 bridgehead atoms. The zero-order valence-corrected chi connectivity index (χ0v) is 7.84. The van der Waals surface area contributed by atoms with Crippen molar-refractivity contribution < 1.29 is 14.3 Å². The summed E-state index contributed by atoms with van der Waals surface area (Å²) in [7, 11) is 0. The van der Waals surface area contributed by atoms with Crippen LogP contribution in [0.4, 0.5) is 0 Å². The molecule has 0 aliphatic rings. The number of carbonyl (C=O) groups excluding carboxylic acids is 1. The van der Waals surface area contributed by atoms with E-state index in [1.807, 2.05) is 0 Å². The Bertz CT molecular complexity index is 297. The number of rotatable bonds is 3. The third kappa shape index (κ3) is 2.47. The molecule has 72 valence electrons. The molecule has 1 aromatic rings. The van der Waals surface area contributed by atoms with E-state index in [0.717, 1.165) is 0 Å². The molecule has 0 saturated carbocycles. The van der Waals surface area contributed by atoms with Gasteiger partial charge in [-0.3, -0.25) is 4.79 Å². The zero-order chi connectivity index (χ0) is 9.84. The van der Waals surface area contributed by atoms with Gasteiger partial charge < -0.3 is 14.8 Å². The van der Waals surface area contributed by atoms with Crippen LogP contribution >= 0.6 is 11.6 Å². The third-order valence-electron chi connectivity index (χ3n) is 1.51. The lowest BCUT2D eigenvalue weighted by molar-refractivity contribution is 0.0922. The van der Waals surface area contributed by atoms with E-state index in [1.54, 1.807) is 6.92 Å². The minimum Gasteiger partial charge on any atom is -0.452 e. The topological polar surface area (TPSA) is 62.5 Å². The lowest BCUT2D eigenvalue weighted by Gasteiger charge is -2.09. The van der Waals surface area contributed by atoms with Crippen molar-refractivity contribution in [3.8, 4) is 0 Å². The Hall–Kier alpha value is -1.00. The van der Waals surface area contributed by atoms with Gasteiger partial charge in [-0.05, 0) is 24.6 Å². The number of aliphatic hydroxyl groups excluding tert-OH is 1. The summed E-state index contributed by atoms with van der Waals surface area (Å²) in [4.78, 5) is 11.3. The Morgan fingerprint density at radius 2 is 2.54 bits per heavy atom. The van der Waals surface area contributed by atoms with Crippen molar-refractivity contribution in [2.75, 3.05) is 6.61 Å². The van der Waals surface area contributed by atoms with Crippen LogP contribution in [0, 0.1) is 0 Å². The predicted molar refractivity (Wildman–Crippen MR) is 47.7 cm³/mol. The molecule has 0 aliphatic heterocycles. The Balaban J connectivity index is 2.64. The molecule has 1 atom stereocenters. The second-order valence-corrected chi connectivity index (χ2v) is 3.01. The molecular formula is C8H10ClNO3. The van der Waals surface area contributed by atoms with Gasteiger partial charge in [0.15, 0.2) is 0 Å². The van der Waals surface area contributed by atoms with Crippen LogP contribution in [0.5, 0.6) is 0 Å². The molecule has 1 heterocycles. The molecule has 1 rings (SSSR count). The molecule has 0 fully saturated rings. The fourth-order valence-corrected chi connectivity index (χ4v) is 1.00. The number of furan rings is 1. The smallest absolute Gasteiger partial charge is 0.256 e. The van der Waals surface area contributed by atoms with Gasteiger partial charge in [-0.15, -0.1) is 0 Å². The number of nitrogens with one attached hydrogen (secondary N) is 1. The molecule has 5 heteroatoms. The van der Waals surface area contributed by atoms with E-state index in [-0.39, 0.29) is 29.3 Å². The van der Waals surface area contributed by atoms with Crippen LogP contribution in [0.1, 0.15) is 17.3 Å². The fraction of sp³-hybridized carbons (Fsp3) is 0.375. The quantitative estimate of drug-likeness (QED) is 0.772. The van der Waals surface area contributed by atoms with Crippen molar-refractivity contribution in [2.24, 2.45) is 0 Å². The first kappa shape index (κ1) is 10.1. The minimum absolute atomic E-state index is 0.0580. The molecule has 4 nitrogen and oxygen atoms in total. The maximum absolute atomic E-state index is 11.3. The summed E-state index contributed by atoms with van der Waals surface area (Å²) in [5.41, 5.74) is 0.280. The molecule has 0 aliphatic carbocycles. The summed E-state index contributed by atoms with van der Waals surface area (Å²) in [5.74, 6) is -0.347. The van der Waals surface area contributed by atoms with Gasteiger partial charge in [0.05, 0.1) is 18.4 Å². The normalized spacial score (nSPS) is 12.5. The van der Waals surface area contributed by atoms with Gasteiger partial charge in [-0.25, -0.2) is 0 Å². The van der Waals surface area contributed by atoms with Crippen LogP contribution in [-0.4, -0.2) is 23.7 Å². The standard InChI is InChI=1S/C8H10ClNO3/c1-5(4-11)10-8(12)6-2-3-13-7(6)9/h2-3,5,11H,4H2,1H3,(H,10,12). The van der Waals surface area contributed by atoms with Gasteiger partial charge in [-0.2, -0.15) is 0 Å². The highest BCUT2D eigenvalue weighted by Gasteiger charge is 2.14. The Kier molecular flexibility index (Phi) is 3.33. The monoisotopic (exact) mass is 203 g/mol. The molecule has 1 unspecified atom stereocenters. The average Bonchev–Trinajstić information content (AvgIpc) is 2.51. The predicted octanol–water partition coefficient (Wildman–Crippen LogP) is 1.04. The lowest BCUT2D eigenvalue weighted by Crippen LogP contribution is -2.34. The molecule has 0 aromatic carbocycles. The first-order chi connectivity index (χ1) is 6.15. The molecular weight excluding hydrogens is 194 g/mol. The third-order valence-corrected chi connectivity index (χ3v) is 1.81. The number of carbonyl (C=O) groups is 1. The lowest BCUT2D eigenvalue weighted by atomic mass is 10.3. The number of aliphatic hydroxyl groups is 1. The van der Waals surface area contributed by atoms with E-state index in [9.17, 15) is 4.79 Å². The van der Waals surface area contributed by atoms with Crippen molar-refractivity contribution in [3.05, 3.63) is 23.1 Å². The highest BCUT2D eigenvalue weighted by molar-refractivity contribution is 6.32.